The number of H-pyrrole nitrogens is 1. The molecule has 0 saturated carbocycles. The van der Waals surface area contributed by atoms with Gasteiger partial charge in [0, 0.05) is 24.1 Å². The number of nitrogens with zero attached hydrogens (tertiary/aromatic N) is 3. The average molecular weight is 415 g/mol. The van der Waals surface area contributed by atoms with Crippen molar-refractivity contribution in [2.75, 3.05) is 0 Å². The predicted octanol–water partition coefficient (Wildman–Crippen LogP) is 3.75. The van der Waals surface area contributed by atoms with Crippen LogP contribution in [0.25, 0.3) is 27.9 Å². The molecule has 3 N–H and O–H groups in total. The molecule has 0 saturated heterocycles. The maximum absolute atomic E-state index is 12.3. The first-order valence-electron chi connectivity index (χ1n) is 9.60. The summed E-state index contributed by atoms with van der Waals surface area (Å²) >= 11 is 0. The minimum absolute atomic E-state index is 0.0127. The van der Waals surface area contributed by atoms with Gasteiger partial charge < -0.3 is 10.5 Å². The first-order chi connectivity index (χ1) is 15.0. The van der Waals surface area contributed by atoms with Crippen LogP contribution >= 0.6 is 0 Å². The van der Waals surface area contributed by atoms with E-state index in [-0.39, 0.29) is 17.4 Å². The van der Waals surface area contributed by atoms with Crippen molar-refractivity contribution in [2.24, 2.45) is 5.73 Å². The molecule has 9 heteroatoms. The highest BCUT2D eigenvalue weighted by molar-refractivity contribution is 6.06. The number of aromatic nitrogens is 3. The summed E-state index contributed by atoms with van der Waals surface area (Å²) in [4.78, 5) is 27.2. The lowest BCUT2D eigenvalue weighted by atomic mass is 10.1. The number of nitro benzene ring substituents is 1. The van der Waals surface area contributed by atoms with Crippen LogP contribution < -0.4 is 10.5 Å². The zero-order valence-electron chi connectivity index (χ0n) is 16.2. The smallest absolute Gasteiger partial charge is 0.271 e. The van der Waals surface area contributed by atoms with Crippen LogP contribution in [0.15, 0.2) is 66.8 Å². The van der Waals surface area contributed by atoms with Crippen molar-refractivity contribution in [1.82, 2.24) is 14.6 Å². The van der Waals surface area contributed by atoms with E-state index < -0.39 is 10.8 Å². The Bertz CT molecular complexity index is 1400. The third-order valence-corrected chi connectivity index (χ3v) is 5.16. The number of ether oxygens (including phenoxy) is 1. The molecule has 9 nitrogen and oxygen atoms in total. The van der Waals surface area contributed by atoms with Crippen LogP contribution in [0.4, 0.5) is 5.69 Å². The summed E-state index contributed by atoms with van der Waals surface area (Å²) in [5.41, 5.74) is 8.37. The summed E-state index contributed by atoms with van der Waals surface area (Å²) in [7, 11) is 0. The Balaban J connectivity index is 1.55. The molecule has 154 valence electrons. The van der Waals surface area contributed by atoms with E-state index in [0.717, 1.165) is 12.0 Å². The fourth-order valence-electron chi connectivity index (χ4n) is 3.71. The molecule has 1 aliphatic carbocycles. The summed E-state index contributed by atoms with van der Waals surface area (Å²) in [5, 5.41) is 14.2. The zero-order valence-corrected chi connectivity index (χ0v) is 16.2. The van der Waals surface area contributed by atoms with Crippen LogP contribution in [-0.2, 0) is 0 Å². The second-order valence-electron chi connectivity index (χ2n) is 7.16. The molecule has 4 aromatic rings. The molecule has 0 aliphatic heterocycles. The number of rotatable bonds is 5. The summed E-state index contributed by atoms with van der Waals surface area (Å²) in [6, 6.07) is 11.7. The minimum Gasteiger partial charge on any atom is -0.486 e. The van der Waals surface area contributed by atoms with E-state index in [9.17, 15) is 14.9 Å². The van der Waals surface area contributed by atoms with Crippen molar-refractivity contribution in [3.8, 4) is 17.0 Å². The maximum Gasteiger partial charge on any atom is 0.271 e. The maximum atomic E-state index is 12.3. The summed E-state index contributed by atoms with van der Waals surface area (Å²) in [5.74, 6) is 0.0638. The number of hydrogen-bond donors (Lipinski definition) is 2. The van der Waals surface area contributed by atoms with Gasteiger partial charge in [-0.2, -0.15) is 0 Å². The minimum atomic E-state index is -0.648. The Morgan fingerprint density at radius 1 is 1.23 bits per heavy atom. The average Bonchev–Trinajstić information content (AvgIpc) is 3.30. The van der Waals surface area contributed by atoms with Crippen molar-refractivity contribution in [3.05, 3.63) is 82.4 Å². The number of carbonyl (C=O) groups is 1. The second-order valence-corrected chi connectivity index (χ2v) is 7.16. The van der Waals surface area contributed by atoms with Gasteiger partial charge in [-0.15, -0.1) is 0 Å². The number of primary amides is 1. The fraction of sp³-hybridized carbons (Fsp3) is 0.0909. The van der Waals surface area contributed by atoms with Gasteiger partial charge in [0.15, 0.2) is 5.65 Å². The van der Waals surface area contributed by atoms with Gasteiger partial charge in [-0.25, -0.2) is 9.50 Å². The zero-order chi connectivity index (χ0) is 21.5. The van der Waals surface area contributed by atoms with E-state index in [1.165, 1.54) is 12.1 Å². The normalized spacial score (nSPS) is 15.5. The van der Waals surface area contributed by atoms with Crippen LogP contribution in [0.2, 0.25) is 0 Å². The standard InChI is InChI=1S/C22H17N5O4/c23-21(28)19-20(13-6-9-16(10-7-13)31-15-4-2-1-3-5-15)25-26-18-11-8-14(27(29)30)12-17(18)24-22(19)26/h1-4,6-12,15,25H,5H2,(H2,23,28). The molecule has 5 rings (SSSR count). The molecule has 0 bridgehead atoms. The van der Waals surface area contributed by atoms with Crippen LogP contribution in [0.1, 0.15) is 16.8 Å². The summed E-state index contributed by atoms with van der Waals surface area (Å²) < 4.78 is 7.55. The van der Waals surface area contributed by atoms with Gasteiger partial charge in [0.25, 0.3) is 11.6 Å². The third-order valence-electron chi connectivity index (χ3n) is 5.16. The first-order valence-corrected chi connectivity index (χ1v) is 9.60. The number of fused-ring (bicyclic) bond motifs is 3. The Kier molecular flexibility index (Phi) is 4.28. The van der Waals surface area contributed by atoms with E-state index >= 15 is 0 Å². The van der Waals surface area contributed by atoms with Crippen LogP contribution in [0, 0.1) is 10.1 Å². The molecule has 0 radical (unpaired) electrons. The molecule has 1 unspecified atom stereocenters. The number of nitrogens with one attached hydrogen (secondary N) is 1. The second kappa shape index (κ2) is 7.13. The number of hydrogen-bond acceptors (Lipinski definition) is 5. The molecule has 1 amide bonds. The van der Waals surface area contributed by atoms with Crippen LogP contribution in [0.5, 0.6) is 5.75 Å². The Morgan fingerprint density at radius 2 is 2.03 bits per heavy atom. The molecule has 2 aromatic carbocycles. The van der Waals surface area contributed by atoms with Gasteiger partial charge >= 0.3 is 0 Å². The van der Waals surface area contributed by atoms with E-state index in [1.807, 2.05) is 48.6 Å². The Labute approximate surface area is 175 Å². The largest absolute Gasteiger partial charge is 0.486 e. The molecule has 0 spiro atoms. The molecule has 0 fully saturated rings. The lowest BCUT2D eigenvalue weighted by Crippen LogP contribution is -2.13. The monoisotopic (exact) mass is 415 g/mol. The number of amides is 1. The predicted molar refractivity (Wildman–Crippen MR) is 115 cm³/mol. The first kappa shape index (κ1) is 18.6. The third kappa shape index (κ3) is 3.21. The number of allylic oxidation sites excluding steroid dienone is 2. The van der Waals surface area contributed by atoms with Gasteiger partial charge in [0.2, 0.25) is 0 Å². The van der Waals surface area contributed by atoms with E-state index in [2.05, 4.69) is 10.1 Å². The van der Waals surface area contributed by atoms with Crippen molar-refractivity contribution < 1.29 is 14.5 Å². The highest BCUT2D eigenvalue weighted by Gasteiger charge is 2.22. The fourth-order valence-corrected chi connectivity index (χ4v) is 3.71. The Hall–Kier alpha value is -4.40. The number of nitro groups is 1. The topological polar surface area (TPSA) is 129 Å². The van der Waals surface area contributed by atoms with Crippen molar-refractivity contribution in [1.29, 1.82) is 0 Å². The number of carbonyl (C=O) groups excluding carboxylic acids is 1. The van der Waals surface area contributed by atoms with Gasteiger partial charge in [-0.3, -0.25) is 20.0 Å². The van der Waals surface area contributed by atoms with Gasteiger partial charge in [-0.1, -0.05) is 18.2 Å². The molecule has 1 atom stereocenters. The quantitative estimate of drug-likeness (QED) is 0.379. The van der Waals surface area contributed by atoms with Gasteiger partial charge in [-0.05, 0) is 36.4 Å². The Morgan fingerprint density at radius 3 is 2.71 bits per heavy atom. The number of imidazole rings is 1. The number of non-ortho nitro benzene ring substituents is 1. The molecule has 1 aliphatic rings. The summed E-state index contributed by atoms with van der Waals surface area (Å²) in [6.07, 6.45) is 8.78. The molecule has 31 heavy (non-hydrogen) atoms. The lowest BCUT2D eigenvalue weighted by molar-refractivity contribution is -0.384. The lowest BCUT2D eigenvalue weighted by Gasteiger charge is -2.16. The molecular formula is C22H17N5O4. The highest BCUT2D eigenvalue weighted by atomic mass is 16.6. The number of nitrogens with two attached hydrogens (primary N) is 1. The van der Waals surface area contributed by atoms with Crippen LogP contribution in [0.3, 0.4) is 0 Å². The molecule has 2 heterocycles. The van der Waals surface area contributed by atoms with E-state index in [1.54, 1.807) is 10.6 Å². The number of aromatic amines is 1. The number of benzene rings is 2. The van der Waals surface area contributed by atoms with Crippen molar-refractivity contribution >= 4 is 28.3 Å². The molecule has 2 aromatic heterocycles. The van der Waals surface area contributed by atoms with Gasteiger partial charge in [0.1, 0.15) is 17.4 Å². The van der Waals surface area contributed by atoms with Crippen LogP contribution in [-0.4, -0.2) is 31.5 Å². The van der Waals surface area contributed by atoms with E-state index in [4.69, 9.17) is 10.5 Å². The van der Waals surface area contributed by atoms with Gasteiger partial charge in [0.05, 0.1) is 21.7 Å². The summed E-state index contributed by atoms with van der Waals surface area (Å²) in [6.45, 7) is 0. The van der Waals surface area contributed by atoms with Crippen molar-refractivity contribution in [2.45, 2.75) is 12.5 Å². The molecular weight excluding hydrogens is 398 g/mol. The van der Waals surface area contributed by atoms with E-state index in [0.29, 0.717) is 28.1 Å². The highest BCUT2D eigenvalue weighted by Crippen LogP contribution is 2.31. The van der Waals surface area contributed by atoms with Crippen molar-refractivity contribution in [3.63, 3.8) is 0 Å². The SMILES string of the molecule is NC(=O)c1c(-c2ccc(OC3C=CC=CC3)cc2)[nH]n2c1nc1cc([N+](=O)[O-])ccc12.